The van der Waals surface area contributed by atoms with Crippen LogP contribution in [0.15, 0.2) is 41.7 Å². The van der Waals surface area contributed by atoms with Crippen LogP contribution in [0.3, 0.4) is 0 Å². The number of hydrogen-bond acceptors (Lipinski definition) is 5. The van der Waals surface area contributed by atoms with Crippen LogP contribution in [0, 0.1) is 20.8 Å². The van der Waals surface area contributed by atoms with Crippen LogP contribution in [0.1, 0.15) is 61.9 Å². The fourth-order valence-electron chi connectivity index (χ4n) is 4.94. The van der Waals surface area contributed by atoms with Crippen molar-refractivity contribution in [2.75, 3.05) is 23.7 Å². The van der Waals surface area contributed by atoms with E-state index in [0.29, 0.717) is 39.9 Å². The normalized spacial score (nSPS) is 16.5. The zero-order valence-electron chi connectivity index (χ0n) is 23.5. The Hall–Kier alpha value is -2.97. The highest BCUT2D eigenvalue weighted by Crippen LogP contribution is 2.49. The zero-order valence-corrected chi connectivity index (χ0v) is 24.3. The molecule has 0 saturated carbocycles. The van der Waals surface area contributed by atoms with Crippen LogP contribution in [0.25, 0.3) is 16.7 Å². The van der Waals surface area contributed by atoms with Gasteiger partial charge in [-0.3, -0.25) is 9.10 Å². The van der Waals surface area contributed by atoms with E-state index in [1.165, 1.54) is 11.2 Å². The number of aryl methyl sites for hydroxylation is 1. The Labute approximate surface area is 225 Å². The van der Waals surface area contributed by atoms with Crippen molar-refractivity contribution >= 4 is 27.3 Å². The first kappa shape index (κ1) is 29.6. The van der Waals surface area contributed by atoms with E-state index in [-0.39, 0.29) is 19.6 Å². The quantitative estimate of drug-likeness (QED) is 0.436. The van der Waals surface area contributed by atoms with Gasteiger partial charge in [-0.15, -0.1) is 0 Å². The average Bonchev–Trinajstić information content (AvgIpc) is 2.80. The van der Waals surface area contributed by atoms with Gasteiger partial charge in [-0.25, -0.2) is 12.8 Å². The molecule has 0 unspecified atom stereocenters. The number of carbonyl (C=O) groups excluding carboxylic acids is 1. The molecule has 2 aromatic rings. The topological polar surface area (TPSA) is 83.9 Å². The maximum atomic E-state index is 14.9. The summed E-state index contributed by atoms with van der Waals surface area (Å²) in [5.41, 5.74) is 5.65. The zero-order chi connectivity index (χ0) is 28.6. The highest BCUT2D eigenvalue weighted by Gasteiger charge is 2.36. The van der Waals surface area contributed by atoms with Crippen LogP contribution < -0.4 is 4.31 Å². The van der Waals surface area contributed by atoms with Gasteiger partial charge in [0.25, 0.3) is 0 Å². The number of allylic oxidation sites excluding steroid dienone is 2. The van der Waals surface area contributed by atoms with E-state index in [0.717, 1.165) is 28.5 Å². The van der Waals surface area contributed by atoms with Crippen molar-refractivity contribution in [2.24, 2.45) is 0 Å². The maximum Gasteiger partial charge on any atom is 0.310 e. The number of esters is 1. The molecule has 2 aromatic carbocycles. The van der Waals surface area contributed by atoms with E-state index in [1.54, 1.807) is 20.8 Å². The number of benzene rings is 2. The Balaban J connectivity index is 2.43. The summed E-state index contributed by atoms with van der Waals surface area (Å²) in [6, 6.07) is 7.88. The van der Waals surface area contributed by atoms with Gasteiger partial charge in [-0.1, -0.05) is 42.8 Å². The molecule has 1 aliphatic heterocycles. The molecule has 1 heterocycles. The van der Waals surface area contributed by atoms with Crippen LogP contribution in [0.2, 0.25) is 0 Å². The van der Waals surface area contributed by atoms with Crippen molar-refractivity contribution in [3.63, 3.8) is 0 Å². The molecule has 1 N–H and O–H groups in total. The standard InChI is InChI=1S/C30H38FNO5S/c1-9-10-23-25(21(5)31)16-32(38(8,35)36)29-19(3)24(15-26(33)37-17-30(6,7)34)27(20(4)28(23)29)22-13-11-18(2)12-14-22/h10-14,34H,9,15-17H2,1-8H3/b23-10+,25-21+. The molecule has 0 saturated heterocycles. The van der Waals surface area contributed by atoms with Gasteiger partial charge in [0.1, 0.15) is 12.4 Å². The molecule has 0 bridgehead atoms. The second-order valence-electron chi connectivity index (χ2n) is 10.7. The van der Waals surface area contributed by atoms with E-state index < -0.39 is 27.4 Å². The summed E-state index contributed by atoms with van der Waals surface area (Å²) in [7, 11) is -3.79. The van der Waals surface area contributed by atoms with Crippen molar-refractivity contribution < 1.29 is 27.4 Å². The summed E-state index contributed by atoms with van der Waals surface area (Å²) in [5.74, 6) is -0.966. The lowest BCUT2D eigenvalue weighted by atomic mass is 9.79. The summed E-state index contributed by atoms with van der Waals surface area (Å²) >= 11 is 0. The number of hydrogen-bond donors (Lipinski definition) is 1. The molecule has 0 amide bonds. The van der Waals surface area contributed by atoms with E-state index in [1.807, 2.05) is 51.1 Å². The minimum absolute atomic E-state index is 0.117. The Kier molecular flexibility index (Phi) is 8.58. The molecule has 0 fully saturated rings. The second-order valence-corrected chi connectivity index (χ2v) is 12.6. The number of anilines is 1. The summed E-state index contributed by atoms with van der Waals surface area (Å²) in [4.78, 5) is 13.0. The van der Waals surface area contributed by atoms with E-state index >= 15 is 0 Å². The van der Waals surface area contributed by atoms with E-state index in [9.17, 15) is 22.7 Å². The van der Waals surface area contributed by atoms with Gasteiger partial charge in [-0.2, -0.15) is 0 Å². The first-order valence-electron chi connectivity index (χ1n) is 12.7. The van der Waals surface area contributed by atoms with Crippen LogP contribution in [-0.2, 0) is 26.0 Å². The van der Waals surface area contributed by atoms with E-state index in [2.05, 4.69) is 0 Å². The number of aliphatic hydroxyl groups is 1. The van der Waals surface area contributed by atoms with Gasteiger partial charge in [0.05, 0.1) is 30.5 Å². The van der Waals surface area contributed by atoms with Crippen molar-refractivity contribution in [1.29, 1.82) is 0 Å². The van der Waals surface area contributed by atoms with Gasteiger partial charge in [0, 0.05) is 11.1 Å². The summed E-state index contributed by atoms with van der Waals surface area (Å²) in [6.07, 6.45) is 3.55. The maximum absolute atomic E-state index is 14.9. The number of halogens is 1. The lowest BCUT2D eigenvalue weighted by Gasteiger charge is -2.37. The van der Waals surface area contributed by atoms with Gasteiger partial charge >= 0.3 is 5.97 Å². The molecule has 8 heteroatoms. The van der Waals surface area contributed by atoms with Crippen LogP contribution in [0.5, 0.6) is 0 Å². The third kappa shape index (κ3) is 6.18. The number of rotatable bonds is 7. The molecular weight excluding hydrogens is 505 g/mol. The molecule has 0 radical (unpaired) electrons. The molecular formula is C30H38FNO5S. The lowest BCUT2D eigenvalue weighted by molar-refractivity contribution is -0.149. The van der Waals surface area contributed by atoms with E-state index in [4.69, 9.17) is 4.74 Å². The number of ether oxygens (including phenoxy) is 1. The summed E-state index contributed by atoms with van der Waals surface area (Å²) < 4.78 is 47.5. The Bertz CT molecular complexity index is 1410. The first-order chi connectivity index (χ1) is 17.6. The minimum Gasteiger partial charge on any atom is -0.462 e. The highest BCUT2D eigenvalue weighted by atomic mass is 32.2. The minimum atomic E-state index is -3.79. The Morgan fingerprint density at radius 2 is 1.74 bits per heavy atom. The summed E-state index contributed by atoms with van der Waals surface area (Å²) in [6.45, 7) is 11.8. The monoisotopic (exact) mass is 543 g/mol. The number of nitrogens with zero attached hydrogens (tertiary/aromatic N) is 1. The molecule has 206 valence electrons. The molecule has 0 spiro atoms. The largest absolute Gasteiger partial charge is 0.462 e. The average molecular weight is 544 g/mol. The smallest absolute Gasteiger partial charge is 0.310 e. The van der Waals surface area contributed by atoms with Gasteiger partial charge in [-0.05, 0) is 81.4 Å². The van der Waals surface area contributed by atoms with Crippen LogP contribution in [-0.4, -0.2) is 44.5 Å². The van der Waals surface area contributed by atoms with Gasteiger partial charge in [0.2, 0.25) is 10.0 Å². The molecule has 6 nitrogen and oxygen atoms in total. The second kappa shape index (κ2) is 11.0. The number of carbonyl (C=O) groups is 1. The molecule has 0 atom stereocenters. The SMILES string of the molecule is CC/C=C1\C(=C(/C)F)CN(S(C)(=O)=O)c2c(C)c(CC(=O)OCC(C)(C)O)c(-c3ccc(C)cc3)c(C)c21. The molecule has 38 heavy (non-hydrogen) atoms. The fourth-order valence-corrected chi connectivity index (χ4v) is 5.86. The molecule has 1 aliphatic rings. The van der Waals surface area contributed by atoms with Gasteiger partial charge < -0.3 is 9.84 Å². The fraction of sp³-hybridized carbons (Fsp3) is 0.433. The van der Waals surface area contributed by atoms with Crippen molar-refractivity contribution in [1.82, 2.24) is 0 Å². The van der Waals surface area contributed by atoms with Gasteiger partial charge in [0.15, 0.2) is 0 Å². The number of fused-ring (bicyclic) bond motifs is 1. The van der Waals surface area contributed by atoms with Crippen molar-refractivity contribution in [2.45, 2.75) is 66.9 Å². The van der Waals surface area contributed by atoms with Crippen molar-refractivity contribution in [3.8, 4) is 11.1 Å². The molecule has 3 rings (SSSR count). The summed E-state index contributed by atoms with van der Waals surface area (Å²) in [5, 5.41) is 10.0. The lowest BCUT2D eigenvalue weighted by Crippen LogP contribution is -2.37. The molecule has 0 aliphatic carbocycles. The third-order valence-corrected chi connectivity index (χ3v) is 7.83. The Morgan fingerprint density at radius 1 is 1.13 bits per heavy atom. The van der Waals surface area contributed by atoms with Crippen LogP contribution >= 0.6 is 0 Å². The van der Waals surface area contributed by atoms with Crippen LogP contribution in [0.4, 0.5) is 10.1 Å². The number of sulfonamides is 1. The molecule has 0 aromatic heterocycles. The first-order valence-corrected chi connectivity index (χ1v) is 14.6. The third-order valence-electron chi connectivity index (χ3n) is 6.71. The van der Waals surface area contributed by atoms with Crippen molar-refractivity contribution in [3.05, 3.63) is 69.6 Å². The predicted octanol–water partition coefficient (Wildman–Crippen LogP) is 5.95. The Morgan fingerprint density at radius 3 is 2.24 bits per heavy atom. The predicted molar refractivity (Wildman–Crippen MR) is 151 cm³/mol. The highest BCUT2D eigenvalue weighted by molar-refractivity contribution is 7.92.